The van der Waals surface area contributed by atoms with Crippen molar-refractivity contribution in [1.82, 2.24) is 9.80 Å². The van der Waals surface area contributed by atoms with Gasteiger partial charge < -0.3 is 14.7 Å². The van der Waals surface area contributed by atoms with Crippen LogP contribution in [0.2, 0.25) is 0 Å². The molecule has 0 bridgehead atoms. The molecule has 4 heteroatoms. The second-order valence-electron chi connectivity index (χ2n) is 6.61. The van der Waals surface area contributed by atoms with Crippen LogP contribution in [-0.4, -0.2) is 72.5 Å². The standard InChI is InChI=1S/C15H28N2O2/c18-15(13-16-7-1-2-8-16)5-9-17(10-6-15)14-4-3-11-19-12-14/h14,18H,1-13H2. The van der Waals surface area contributed by atoms with E-state index in [1.807, 2.05) is 0 Å². The molecule has 110 valence electrons. The van der Waals surface area contributed by atoms with Crippen LogP contribution in [0.3, 0.4) is 0 Å². The summed E-state index contributed by atoms with van der Waals surface area (Å²) in [7, 11) is 0. The number of likely N-dealkylation sites (tertiary alicyclic amines) is 2. The minimum atomic E-state index is -0.434. The Hall–Kier alpha value is -0.160. The lowest BCUT2D eigenvalue weighted by molar-refractivity contribution is -0.0655. The molecule has 3 fully saturated rings. The Balaban J connectivity index is 1.47. The lowest BCUT2D eigenvalue weighted by atomic mass is 9.89. The van der Waals surface area contributed by atoms with Gasteiger partial charge in [-0.05, 0) is 51.6 Å². The van der Waals surface area contributed by atoms with Gasteiger partial charge in [-0.2, -0.15) is 0 Å². The topological polar surface area (TPSA) is 35.9 Å². The van der Waals surface area contributed by atoms with E-state index in [9.17, 15) is 5.11 Å². The number of aliphatic hydroxyl groups is 1. The van der Waals surface area contributed by atoms with E-state index in [-0.39, 0.29) is 0 Å². The van der Waals surface area contributed by atoms with E-state index >= 15 is 0 Å². The first-order chi connectivity index (χ1) is 9.25. The number of hydrogen-bond donors (Lipinski definition) is 1. The SMILES string of the molecule is OC1(CN2CCCC2)CCN(C2CCCOC2)CC1. The zero-order valence-corrected chi connectivity index (χ0v) is 12.0. The molecule has 3 heterocycles. The highest BCUT2D eigenvalue weighted by atomic mass is 16.5. The normalized spacial score (nSPS) is 33.6. The maximum Gasteiger partial charge on any atom is 0.0798 e. The van der Waals surface area contributed by atoms with Crippen LogP contribution in [0.5, 0.6) is 0 Å². The van der Waals surface area contributed by atoms with Crippen LogP contribution in [0.15, 0.2) is 0 Å². The number of piperidine rings is 1. The maximum atomic E-state index is 10.7. The Morgan fingerprint density at radius 1 is 1.05 bits per heavy atom. The fraction of sp³-hybridized carbons (Fsp3) is 1.00. The Labute approximate surface area is 116 Å². The lowest BCUT2D eigenvalue weighted by Crippen LogP contribution is -2.54. The van der Waals surface area contributed by atoms with E-state index in [1.165, 1.54) is 38.8 Å². The Morgan fingerprint density at radius 3 is 2.42 bits per heavy atom. The van der Waals surface area contributed by atoms with Gasteiger partial charge in [0, 0.05) is 32.3 Å². The Bertz CT molecular complexity index is 278. The first-order valence-electron chi connectivity index (χ1n) is 8.02. The van der Waals surface area contributed by atoms with Crippen LogP contribution >= 0.6 is 0 Å². The summed E-state index contributed by atoms with van der Waals surface area (Å²) in [6, 6.07) is 0.602. The number of ether oxygens (including phenoxy) is 1. The fourth-order valence-electron chi connectivity index (χ4n) is 3.83. The second kappa shape index (κ2) is 6.08. The van der Waals surface area contributed by atoms with Crippen molar-refractivity contribution in [3.05, 3.63) is 0 Å². The summed E-state index contributed by atoms with van der Waals surface area (Å²) in [5.74, 6) is 0. The minimum absolute atomic E-state index is 0.434. The Morgan fingerprint density at radius 2 is 1.79 bits per heavy atom. The molecule has 0 spiro atoms. The molecule has 1 N–H and O–H groups in total. The van der Waals surface area contributed by atoms with Crippen molar-refractivity contribution in [1.29, 1.82) is 0 Å². The van der Waals surface area contributed by atoms with Gasteiger partial charge in [0.15, 0.2) is 0 Å². The van der Waals surface area contributed by atoms with Crippen molar-refractivity contribution in [3.63, 3.8) is 0 Å². The van der Waals surface area contributed by atoms with Gasteiger partial charge in [0.2, 0.25) is 0 Å². The Kier molecular flexibility index (Phi) is 4.42. The zero-order valence-electron chi connectivity index (χ0n) is 12.0. The molecule has 4 nitrogen and oxygen atoms in total. The molecule has 3 aliphatic heterocycles. The second-order valence-corrected chi connectivity index (χ2v) is 6.61. The van der Waals surface area contributed by atoms with Crippen LogP contribution in [-0.2, 0) is 4.74 Å². The molecular formula is C15H28N2O2. The lowest BCUT2D eigenvalue weighted by Gasteiger charge is -2.43. The molecule has 0 aromatic rings. The average molecular weight is 268 g/mol. The molecule has 0 saturated carbocycles. The van der Waals surface area contributed by atoms with Gasteiger partial charge in [-0.25, -0.2) is 0 Å². The van der Waals surface area contributed by atoms with Crippen LogP contribution in [0.25, 0.3) is 0 Å². The summed E-state index contributed by atoms with van der Waals surface area (Å²) in [6.07, 6.45) is 6.94. The monoisotopic (exact) mass is 268 g/mol. The quantitative estimate of drug-likeness (QED) is 0.831. The van der Waals surface area contributed by atoms with Crippen LogP contribution in [0, 0.1) is 0 Å². The van der Waals surface area contributed by atoms with Gasteiger partial charge in [0.1, 0.15) is 0 Å². The molecular weight excluding hydrogens is 240 g/mol. The van der Waals surface area contributed by atoms with E-state index in [2.05, 4.69) is 9.80 Å². The molecule has 0 aromatic heterocycles. The number of β-amino-alcohol motifs (C(OH)–C–C–N with tert-alkyl or cyclic N) is 1. The average Bonchev–Trinajstić information content (AvgIpc) is 2.93. The molecule has 3 aliphatic rings. The van der Waals surface area contributed by atoms with Crippen LogP contribution in [0.4, 0.5) is 0 Å². The van der Waals surface area contributed by atoms with Crippen molar-refractivity contribution >= 4 is 0 Å². The molecule has 0 aromatic carbocycles. The highest BCUT2D eigenvalue weighted by Crippen LogP contribution is 2.27. The van der Waals surface area contributed by atoms with Crippen molar-refractivity contribution in [3.8, 4) is 0 Å². The smallest absolute Gasteiger partial charge is 0.0798 e. The van der Waals surface area contributed by atoms with Crippen molar-refractivity contribution in [2.45, 2.75) is 50.2 Å². The fourth-order valence-corrected chi connectivity index (χ4v) is 3.83. The predicted molar refractivity (Wildman–Crippen MR) is 75.3 cm³/mol. The summed E-state index contributed by atoms with van der Waals surface area (Å²) in [5, 5.41) is 10.7. The highest BCUT2D eigenvalue weighted by Gasteiger charge is 2.36. The third-order valence-electron chi connectivity index (χ3n) is 5.10. The van der Waals surface area contributed by atoms with Crippen molar-refractivity contribution in [2.24, 2.45) is 0 Å². The van der Waals surface area contributed by atoms with Gasteiger partial charge in [-0.1, -0.05) is 0 Å². The minimum Gasteiger partial charge on any atom is -0.388 e. The third-order valence-corrected chi connectivity index (χ3v) is 5.10. The van der Waals surface area contributed by atoms with Gasteiger partial charge in [0.25, 0.3) is 0 Å². The first-order valence-corrected chi connectivity index (χ1v) is 8.02. The molecule has 3 saturated heterocycles. The largest absolute Gasteiger partial charge is 0.388 e. The van der Waals surface area contributed by atoms with Crippen molar-refractivity contribution < 1.29 is 9.84 Å². The van der Waals surface area contributed by atoms with E-state index in [4.69, 9.17) is 4.74 Å². The van der Waals surface area contributed by atoms with E-state index < -0.39 is 5.60 Å². The number of hydrogen-bond acceptors (Lipinski definition) is 4. The zero-order chi connectivity index (χ0) is 13.1. The summed E-state index contributed by atoms with van der Waals surface area (Å²) in [6.45, 7) is 7.16. The van der Waals surface area contributed by atoms with Gasteiger partial charge in [0.05, 0.1) is 12.2 Å². The molecule has 19 heavy (non-hydrogen) atoms. The predicted octanol–water partition coefficient (Wildman–Crippen LogP) is 1.09. The molecule has 0 radical (unpaired) electrons. The number of nitrogens with zero attached hydrogens (tertiary/aromatic N) is 2. The van der Waals surface area contributed by atoms with Crippen molar-refractivity contribution in [2.75, 3.05) is 45.9 Å². The van der Waals surface area contributed by atoms with Gasteiger partial charge in [-0.3, -0.25) is 4.90 Å². The molecule has 3 rings (SSSR count). The van der Waals surface area contributed by atoms with Crippen LogP contribution < -0.4 is 0 Å². The molecule has 0 amide bonds. The van der Waals surface area contributed by atoms with Gasteiger partial charge in [-0.15, -0.1) is 0 Å². The summed E-state index contributed by atoms with van der Waals surface area (Å²) >= 11 is 0. The summed E-state index contributed by atoms with van der Waals surface area (Å²) < 4.78 is 5.58. The van der Waals surface area contributed by atoms with Crippen LogP contribution in [0.1, 0.15) is 38.5 Å². The first kappa shape index (κ1) is 13.8. The molecule has 1 unspecified atom stereocenters. The van der Waals surface area contributed by atoms with E-state index in [0.29, 0.717) is 6.04 Å². The van der Waals surface area contributed by atoms with Gasteiger partial charge >= 0.3 is 0 Å². The highest BCUT2D eigenvalue weighted by molar-refractivity contribution is 4.91. The van der Waals surface area contributed by atoms with E-state index in [0.717, 1.165) is 45.7 Å². The molecule has 0 aliphatic carbocycles. The summed E-state index contributed by atoms with van der Waals surface area (Å²) in [5.41, 5.74) is -0.434. The maximum absolute atomic E-state index is 10.7. The third kappa shape index (κ3) is 3.48. The number of rotatable bonds is 3. The van der Waals surface area contributed by atoms with E-state index in [1.54, 1.807) is 0 Å². The summed E-state index contributed by atoms with van der Waals surface area (Å²) in [4.78, 5) is 4.98. The molecule has 1 atom stereocenters.